The van der Waals surface area contributed by atoms with Gasteiger partial charge in [0, 0.05) is 26.2 Å². The minimum Gasteiger partial charge on any atom is -0.459 e. The zero-order chi connectivity index (χ0) is 27.3. The van der Waals surface area contributed by atoms with Gasteiger partial charge in [-0.3, -0.25) is 14.4 Å². The van der Waals surface area contributed by atoms with Gasteiger partial charge in [0.15, 0.2) is 12.2 Å². The zero-order valence-corrected chi connectivity index (χ0v) is 21.7. The highest BCUT2D eigenvalue weighted by Crippen LogP contribution is 2.26. The van der Waals surface area contributed by atoms with Gasteiger partial charge in [-0.25, -0.2) is 4.79 Å². The molecule has 1 fully saturated rings. The maximum Gasteiger partial charge on any atom is 0.328 e. The van der Waals surface area contributed by atoms with Crippen LogP contribution >= 0.6 is 0 Å². The molecule has 4 N–H and O–H groups in total. The molecule has 2 aromatic rings. The summed E-state index contributed by atoms with van der Waals surface area (Å²) in [5.74, 6) is -1.92. The Morgan fingerprint density at radius 3 is 2.27 bits per heavy atom. The van der Waals surface area contributed by atoms with E-state index in [9.17, 15) is 19.2 Å². The molecule has 0 saturated carbocycles. The molecule has 0 spiro atoms. The number of nitrogens with two attached hydrogens (primary N) is 1. The quantitative estimate of drug-likeness (QED) is 0.343. The van der Waals surface area contributed by atoms with Gasteiger partial charge in [0.05, 0.1) is 0 Å². The van der Waals surface area contributed by atoms with E-state index in [-0.39, 0.29) is 5.91 Å². The molecule has 0 bridgehead atoms. The van der Waals surface area contributed by atoms with Crippen LogP contribution in [0.3, 0.4) is 0 Å². The molecule has 3 rings (SSSR count). The minimum absolute atomic E-state index is 0.267. The van der Waals surface area contributed by atoms with Gasteiger partial charge >= 0.3 is 5.97 Å². The van der Waals surface area contributed by atoms with E-state index in [1.54, 1.807) is 59.1 Å². The first-order valence-corrected chi connectivity index (χ1v) is 12.0. The number of rotatable bonds is 9. The monoisotopic (exact) mass is 510 g/mol. The smallest absolute Gasteiger partial charge is 0.328 e. The normalized spacial score (nSPS) is 18.2. The first-order chi connectivity index (χ1) is 17.4. The topological polar surface area (TPSA) is 143 Å². The van der Waals surface area contributed by atoms with Crippen molar-refractivity contribution in [3.63, 3.8) is 0 Å². The number of amides is 3. The van der Waals surface area contributed by atoms with Crippen molar-refractivity contribution in [1.82, 2.24) is 10.2 Å². The number of likely N-dealkylation sites (N-methyl/N-ethyl adjacent to an activating group) is 1. The van der Waals surface area contributed by atoms with Gasteiger partial charge < -0.3 is 30.7 Å². The molecule has 4 atom stereocenters. The summed E-state index contributed by atoms with van der Waals surface area (Å²) in [6.45, 7) is 5.24. The highest BCUT2D eigenvalue weighted by atomic mass is 16.6. The minimum atomic E-state index is -1.03. The fraction of sp³-hybridized carbons (Fsp3) is 0.407. The summed E-state index contributed by atoms with van der Waals surface area (Å²) >= 11 is 0. The molecule has 1 aliphatic rings. The van der Waals surface area contributed by atoms with Crippen molar-refractivity contribution in [2.75, 3.05) is 19.4 Å². The summed E-state index contributed by atoms with van der Waals surface area (Å²) < 4.78 is 10.6. The van der Waals surface area contributed by atoms with Crippen LogP contribution in [0, 0.1) is 0 Å². The number of hydrogen-bond donors (Lipinski definition) is 3. The van der Waals surface area contributed by atoms with E-state index >= 15 is 0 Å². The molecule has 3 amide bonds. The molecule has 198 valence electrons. The lowest BCUT2D eigenvalue weighted by atomic mass is 10.0. The maximum absolute atomic E-state index is 12.8. The van der Waals surface area contributed by atoms with E-state index in [0.29, 0.717) is 17.7 Å². The van der Waals surface area contributed by atoms with Crippen molar-refractivity contribution in [3.8, 4) is 0 Å². The molecule has 37 heavy (non-hydrogen) atoms. The highest BCUT2D eigenvalue weighted by molar-refractivity contribution is 6.02. The number of nitrogens with zero attached hydrogens (tertiary/aromatic N) is 1. The third kappa shape index (κ3) is 7.86. The predicted octanol–water partition coefficient (Wildman–Crippen LogP) is 1.55. The van der Waals surface area contributed by atoms with Crippen LogP contribution in [0.5, 0.6) is 0 Å². The molecule has 0 aliphatic carbocycles. The Labute approximate surface area is 216 Å². The second-order valence-corrected chi connectivity index (χ2v) is 10.1. The summed E-state index contributed by atoms with van der Waals surface area (Å²) in [7, 11) is 3.22. The van der Waals surface area contributed by atoms with Gasteiger partial charge in [-0.2, -0.15) is 0 Å². The first kappa shape index (κ1) is 27.8. The molecule has 10 nitrogen and oxygen atoms in total. The average Bonchev–Trinajstić information content (AvgIpc) is 3.64. The van der Waals surface area contributed by atoms with Crippen molar-refractivity contribution >= 4 is 29.4 Å². The van der Waals surface area contributed by atoms with Gasteiger partial charge in [0.25, 0.3) is 11.8 Å². The Kier molecular flexibility index (Phi) is 8.67. The number of benzene rings is 2. The van der Waals surface area contributed by atoms with E-state index in [2.05, 4.69) is 10.6 Å². The van der Waals surface area contributed by atoms with Gasteiger partial charge in [-0.1, -0.05) is 42.5 Å². The van der Waals surface area contributed by atoms with Crippen molar-refractivity contribution in [2.24, 2.45) is 5.73 Å². The number of hydrogen-bond acceptors (Lipinski definition) is 7. The Bertz CT molecular complexity index is 1150. The molecule has 10 heteroatoms. The van der Waals surface area contributed by atoms with Crippen LogP contribution in [-0.4, -0.2) is 66.5 Å². The standard InChI is InChI=1S/C27H34N4O6/c1-27(2,3)37-26(35)20(28)17-12-9-13-18(15-17)29-23(32)21-22(36-21)24(33)30-19(25(34)31(4)5)14-16-10-7-6-8-11-16/h6-13,15,19-22H,14,28H2,1-5H3,(H,29,32)(H,30,33)/t19-,20?,21?,22?/m0/s1. The van der Waals surface area contributed by atoms with Crippen LogP contribution in [0.4, 0.5) is 5.69 Å². The van der Waals surface area contributed by atoms with E-state index in [4.69, 9.17) is 15.2 Å². The second-order valence-electron chi connectivity index (χ2n) is 10.1. The Hall–Kier alpha value is -3.76. The molecule has 1 heterocycles. The summed E-state index contributed by atoms with van der Waals surface area (Å²) in [5, 5.41) is 5.39. The summed E-state index contributed by atoms with van der Waals surface area (Å²) in [5.41, 5.74) is 7.09. The second kappa shape index (κ2) is 11.5. The molecule has 0 radical (unpaired) electrons. The van der Waals surface area contributed by atoms with Crippen molar-refractivity contribution in [3.05, 3.63) is 65.7 Å². The van der Waals surface area contributed by atoms with Crippen molar-refractivity contribution in [1.29, 1.82) is 0 Å². The summed E-state index contributed by atoms with van der Waals surface area (Å²) in [4.78, 5) is 51.8. The van der Waals surface area contributed by atoms with Crippen LogP contribution in [0.15, 0.2) is 54.6 Å². The Balaban J connectivity index is 1.59. The number of carbonyl (C=O) groups excluding carboxylic acids is 4. The lowest BCUT2D eigenvalue weighted by Crippen LogP contribution is -2.49. The number of epoxide rings is 1. The summed E-state index contributed by atoms with van der Waals surface area (Å²) in [6.07, 6.45) is -1.71. The van der Waals surface area contributed by atoms with Crippen molar-refractivity contribution in [2.45, 2.75) is 57.1 Å². The molecular formula is C27H34N4O6. The summed E-state index contributed by atoms with van der Waals surface area (Å²) in [6, 6.07) is 14.0. The average molecular weight is 511 g/mol. The first-order valence-electron chi connectivity index (χ1n) is 12.0. The van der Waals surface area contributed by atoms with Gasteiger partial charge in [-0.15, -0.1) is 0 Å². The van der Waals surface area contributed by atoms with E-state index < -0.39 is 47.7 Å². The molecular weight excluding hydrogens is 476 g/mol. The molecule has 0 aromatic heterocycles. The van der Waals surface area contributed by atoms with Crippen LogP contribution in [0.2, 0.25) is 0 Å². The van der Waals surface area contributed by atoms with E-state index in [0.717, 1.165) is 5.56 Å². The molecule has 1 saturated heterocycles. The number of anilines is 1. The molecule has 1 aliphatic heterocycles. The fourth-order valence-corrected chi connectivity index (χ4v) is 3.65. The Morgan fingerprint density at radius 2 is 1.65 bits per heavy atom. The molecule has 3 unspecified atom stereocenters. The highest BCUT2D eigenvalue weighted by Gasteiger charge is 2.51. The zero-order valence-electron chi connectivity index (χ0n) is 21.7. The SMILES string of the molecule is CN(C)C(=O)[C@H](Cc1ccccc1)NC(=O)C1OC1C(=O)Nc1cccc(C(N)C(=O)OC(C)(C)C)c1. The van der Waals surface area contributed by atoms with Gasteiger partial charge in [0.2, 0.25) is 5.91 Å². The van der Waals surface area contributed by atoms with Crippen LogP contribution in [0.1, 0.15) is 37.9 Å². The lowest BCUT2D eigenvalue weighted by Gasteiger charge is -2.22. The third-order valence-electron chi connectivity index (χ3n) is 5.52. The molecule has 2 aromatic carbocycles. The van der Waals surface area contributed by atoms with Crippen LogP contribution in [-0.2, 0) is 35.1 Å². The number of carbonyl (C=O) groups is 4. The fourth-order valence-electron chi connectivity index (χ4n) is 3.65. The van der Waals surface area contributed by atoms with Gasteiger partial charge in [-0.05, 0) is 44.0 Å². The maximum atomic E-state index is 12.8. The third-order valence-corrected chi connectivity index (χ3v) is 5.52. The number of ether oxygens (including phenoxy) is 2. The van der Waals surface area contributed by atoms with Gasteiger partial charge in [0.1, 0.15) is 17.7 Å². The Morgan fingerprint density at radius 1 is 1.00 bits per heavy atom. The van der Waals surface area contributed by atoms with Crippen molar-refractivity contribution < 1.29 is 28.7 Å². The predicted molar refractivity (Wildman–Crippen MR) is 137 cm³/mol. The van der Waals surface area contributed by atoms with E-state index in [1.165, 1.54) is 4.90 Å². The van der Waals surface area contributed by atoms with Crippen LogP contribution in [0.25, 0.3) is 0 Å². The van der Waals surface area contributed by atoms with Crippen LogP contribution < -0.4 is 16.4 Å². The number of esters is 1. The largest absolute Gasteiger partial charge is 0.459 e. The lowest BCUT2D eigenvalue weighted by molar-refractivity contribution is -0.156. The number of nitrogens with one attached hydrogen (secondary N) is 2. The van der Waals surface area contributed by atoms with E-state index in [1.807, 2.05) is 30.3 Å².